The largest absolute Gasteiger partial charge is 0.381 e. The number of aromatic nitrogens is 2. The number of aryl methyl sites for hydroxylation is 1. The minimum absolute atomic E-state index is 0.0730. The van der Waals surface area contributed by atoms with E-state index in [2.05, 4.69) is 24.3 Å². The summed E-state index contributed by atoms with van der Waals surface area (Å²) in [6, 6.07) is 2.00. The normalized spacial score (nSPS) is 27.4. The van der Waals surface area contributed by atoms with Crippen LogP contribution in [0.1, 0.15) is 57.6 Å². The van der Waals surface area contributed by atoms with E-state index in [0.29, 0.717) is 24.2 Å². The van der Waals surface area contributed by atoms with Crippen LogP contribution in [-0.4, -0.2) is 41.6 Å². The fourth-order valence-electron chi connectivity index (χ4n) is 3.79. The standard InChI is InChI=1S/C19H31N3O3/c1-13(2)17-9-14(6-8-25-17)10-19(23)20-18-11-16(21-22(18)3)15-5-4-7-24-12-15/h11,13-15,17H,4-10,12H2,1-3H3,(H,20,23)/t14-,15+,17+/m1/s1. The summed E-state index contributed by atoms with van der Waals surface area (Å²) >= 11 is 0. The van der Waals surface area contributed by atoms with Crippen LogP contribution < -0.4 is 5.32 Å². The van der Waals surface area contributed by atoms with Crippen molar-refractivity contribution in [2.45, 2.75) is 58.0 Å². The van der Waals surface area contributed by atoms with Gasteiger partial charge in [-0.3, -0.25) is 9.48 Å². The number of nitrogens with one attached hydrogen (secondary N) is 1. The number of ether oxygens (including phenoxy) is 2. The average Bonchev–Trinajstić information content (AvgIpc) is 2.96. The summed E-state index contributed by atoms with van der Waals surface area (Å²) in [5.74, 6) is 2.10. The van der Waals surface area contributed by atoms with Gasteiger partial charge in [0.05, 0.1) is 18.4 Å². The summed E-state index contributed by atoms with van der Waals surface area (Å²) in [6.07, 6.45) is 4.95. The van der Waals surface area contributed by atoms with E-state index in [1.165, 1.54) is 0 Å². The number of amides is 1. The number of hydrogen-bond donors (Lipinski definition) is 1. The third kappa shape index (κ3) is 4.82. The van der Waals surface area contributed by atoms with E-state index in [1.807, 2.05) is 13.1 Å². The Morgan fingerprint density at radius 3 is 2.96 bits per heavy atom. The van der Waals surface area contributed by atoms with Gasteiger partial charge in [-0.2, -0.15) is 5.10 Å². The minimum atomic E-state index is 0.0730. The fourth-order valence-corrected chi connectivity index (χ4v) is 3.79. The highest BCUT2D eigenvalue weighted by molar-refractivity contribution is 5.90. The first-order valence-corrected chi connectivity index (χ1v) is 9.56. The quantitative estimate of drug-likeness (QED) is 0.887. The molecule has 2 fully saturated rings. The summed E-state index contributed by atoms with van der Waals surface area (Å²) in [6.45, 7) is 6.69. The van der Waals surface area contributed by atoms with Crippen LogP contribution in [0.2, 0.25) is 0 Å². The van der Waals surface area contributed by atoms with Gasteiger partial charge in [0, 0.05) is 38.7 Å². The molecule has 6 nitrogen and oxygen atoms in total. The molecular weight excluding hydrogens is 318 g/mol. The van der Waals surface area contributed by atoms with Crippen LogP contribution in [0.15, 0.2) is 6.07 Å². The van der Waals surface area contributed by atoms with E-state index in [0.717, 1.165) is 57.0 Å². The zero-order chi connectivity index (χ0) is 17.8. The second-order valence-electron chi connectivity index (χ2n) is 7.79. The van der Waals surface area contributed by atoms with Crippen molar-refractivity contribution >= 4 is 11.7 Å². The number of nitrogens with zero attached hydrogens (tertiary/aromatic N) is 2. The topological polar surface area (TPSA) is 65.4 Å². The lowest BCUT2D eigenvalue weighted by Crippen LogP contribution is -2.31. The predicted molar refractivity (Wildman–Crippen MR) is 96.6 cm³/mol. The molecule has 25 heavy (non-hydrogen) atoms. The molecule has 0 aromatic carbocycles. The number of rotatable bonds is 5. The third-order valence-electron chi connectivity index (χ3n) is 5.39. The van der Waals surface area contributed by atoms with Crippen molar-refractivity contribution in [3.05, 3.63) is 11.8 Å². The molecule has 2 aliphatic heterocycles. The minimum Gasteiger partial charge on any atom is -0.381 e. The molecule has 1 aromatic rings. The van der Waals surface area contributed by atoms with Gasteiger partial charge in [0.1, 0.15) is 5.82 Å². The zero-order valence-electron chi connectivity index (χ0n) is 15.7. The highest BCUT2D eigenvalue weighted by Crippen LogP contribution is 2.29. The summed E-state index contributed by atoms with van der Waals surface area (Å²) in [7, 11) is 1.88. The Hall–Kier alpha value is -1.40. The number of carbonyl (C=O) groups is 1. The Labute approximate surface area is 150 Å². The van der Waals surface area contributed by atoms with Crippen molar-refractivity contribution < 1.29 is 14.3 Å². The lowest BCUT2D eigenvalue weighted by molar-refractivity contribution is -0.118. The molecule has 3 atom stereocenters. The van der Waals surface area contributed by atoms with Gasteiger partial charge < -0.3 is 14.8 Å². The van der Waals surface area contributed by atoms with Gasteiger partial charge in [0.25, 0.3) is 0 Å². The molecule has 3 heterocycles. The van der Waals surface area contributed by atoms with Crippen LogP contribution in [0.3, 0.4) is 0 Å². The van der Waals surface area contributed by atoms with Gasteiger partial charge in [-0.25, -0.2) is 0 Å². The molecule has 0 unspecified atom stereocenters. The smallest absolute Gasteiger partial charge is 0.225 e. The van der Waals surface area contributed by atoms with E-state index < -0.39 is 0 Å². The first-order chi connectivity index (χ1) is 12.0. The Balaban J connectivity index is 1.55. The van der Waals surface area contributed by atoms with Gasteiger partial charge in [-0.15, -0.1) is 0 Å². The van der Waals surface area contributed by atoms with Crippen LogP contribution in [0.4, 0.5) is 5.82 Å². The maximum Gasteiger partial charge on any atom is 0.225 e. The number of anilines is 1. The molecule has 2 aliphatic rings. The van der Waals surface area contributed by atoms with Gasteiger partial charge in [0.2, 0.25) is 5.91 Å². The van der Waals surface area contributed by atoms with Crippen LogP contribution in [0.25, 0.3) is 0 Å². The molecule has 1 amide bonds. The van der Waals surface area contributed by atoms with Gasteiger partial charge in [-0.05, 0) is 37.5 Å². The Bertz CT molecular complexity index is 578. The summed E-state index contributed by atoms with van der Waals surface area (Å²) in [5, 5.41) is 7.61. The van der Waals surface area contributed by atoms with E-state index in [1.54, 1.807) is 4.68 Å². The zero-order valence-corrected chi connectivity index (χ0v) is 15.7. The van der Waals surface area contributed by atoms with Crippen molar-refractivity contribution in [3.8, 4) is 0 Å². The Morgan fingerprint density at radius 2 is 2.24 bits per heavy atom. The van der Waals surface area contributed by atoms with Crippen molar-refractivity contribution in [1.29, 1.82) is 0 Å². The maximum absolute atomic E-state index is 12.5. The summed E-state index contributed by atoms with van der Waals surface area (Å²) in [4.78, 5) is 12.5. The second-order valence-corrected chi connectivity index (χ2v) is 7.79. The summed E-state index contributed by atoms with van der Waals surface area (Å²) < 4.78 is 13.1. The Kier molecular flexibility index (Phi) is 6.12. The van der Waals surface area contributed by atoms with Gasteiger partial charge >= 0.3 is 0 Å². The highest BCUT2D eigenvalue weighted by Gasteiger charge is 2.27. The van der Waals surface area contributed by atoms with Crippen LogP contribution in [0.5, 0.6) is 0 Å². The molecular formula is C19H31N3O3. The molecule has 0 radical (unpaired) electrons. The van der Waals surface area contributed by atoms with Crippen molar-refractivity contribution in [1.82, 2.24) is 9.78 Å². The molecule has 0 aliphatic carbocycles. The van der Waals surface area contributed by atoms with Crippen molar-refractivity contribution in [3.63, 3.8) is 0 Å². The molecule has 3 rings (SSSR count). The highest BCUT2D eigenvalue weighted by atomic mass is 16.5. The molecule has 0 bridgehead atoms. The van der Waals surface area contributed by atoms with E-state index >= 15 is 0 Å². The van der Waals surface area contributed by atoms with Crippen molar-refractivity contribution in [2.24, 2.45) is 18.9 Å². The third-order valence-corrected chi connectivity index (χ3v) is 5.39. The van der Waals surface area contributed by atoms with Crippen molar-refractivity contribution in [2.75, 3.05) is 25.1 Å². The first kappa shape index (κ1) is 18.4. The van der Waals surface area contributed by atoms with E-state index in [9.17, 15) is 4.79 Å². The number of carbonyl (C=O) groups excluding carboxylic acids is 1. The summed E-state index contributed by atoms with van der Waals surface area (Å²) in [5.41, 5.74) is 1.02. The van der Waals surface area contributed by atoms with Crippen LogP contribution >= 0.6 is 0 Å². The predicted octanol–water partition coefficient (Wildman–Crippen LogP) is 3.09. The molecule has 2 saturated heterocycles. The maximum atomic E-state index is 12.5. The molecule has 0 saturated carbocycles. The lowest BCUT2D eigenvalue weighted by atomic mass is 9.88. The van der Waals surface area contributed by atoms with Gasteiger partial charge in [-0.1, -0.05) is 13.8 Å². The average molecular weight is 349 g/mol. The number of hydrogen-bond acceptors (Lipinski definition) is 4. The molecule has 140 valence electrons. The van der Waals surface area contributed by atoms with E-state index in [-0.39, 0.29) is 12.0 Å². The first-order valence-electron chi connectivity index (χ1n) is 9.56. The lowest BCUT2D eigenvalue weighted by Gasteiger charge is -2.31. The second kappa shape index (κ2) is 8.32. The molecule has 1 aromatic heterocycles. The van der Waals surface area contributed by atoms with E-state index in [4.69, 9.17) is 9.47 Å². The van der Waals surface area contributed by atoms with Gasteiger partial charge in [0.15, 0.2) is 0 Å². The monoisotopic (exact) mass is 349 g/mol. The fraction of sp³-hybridized carbons (Fsp3) is 0.789. The SMILES string of the molecule is CC(C)[C@@H]1C[C@H](CC(=O)Nc2cc([C@H]3CCCOC3)nn2C)CCO1. The Morgan fingerprint density at radius 1 is 1.40 bits per heavy atom. The molecule has 0 spiro atoms. The van der Waals surface area contributed by atoms with Crippen LogP contribution in [-0.2, 0) is 21.3 Å². The molecule has 1 N–H and O–H groups in total. The van der Waals surface area contributed by atoms with Crippen LogP contribution in [0, 0.1) is 11.8 Å². The molecule has 6 heteroatoms.